The molecular formula is C14H24N2O4. The predicted octanol–water partition coefficient (Wildman–Crippen LogP) is 0.420. The third-order valence-corrected chi connectivity index (χ3v) is 4.32. The maximum atomic E-state index is 12.4. The Hall–Kier alpha value is -1.14. The van der Waals surface area contributed by atoms with E-state index in [1.165, 1.54) is 0 Å². The third-order valence-electron chi connectivity index (χ3n) is 4.32. The van der Waals surface area contributed by atoms with E-state index in [1.807, 2.05) is 11.8 Å². The van der Waals surface area contributed by atoms with Gasteiger partial charge in [-0.2, -0.15) is 0 Å². The Kier molecular flexibility index (Phi) is 5.37. The molecule has 0 aromatic carbocycles. The Morgan fingerprint density at radius 3 is 2.55 bits per heavy atom. The largest absolute Gasteiger partial charge is 0.481 e. The minimum absolute atomic E-state index is 0.0680. The Balaban J connectivity index is 1.89. The van der Waals surface area contributed by atoms with E-state index in [9.17, 15) is 9.59 Å². The Morgan fingerprint density at radius 2 is 1.95 bits per heavy atom. The number of carbonyl (C=O) groups excluding carboxylic acids is 1. The Morgan fingerprint density at radius 1 is 1.25 bits per heavy atom. The van der Waals surface area contributed by atoms with E-state index < -0.39 is 5.97 Å². The van der Waals surface area contributed by atoms with E-state index in [1.54, 1.807) is 0 Å². The average Bonchev–Trinajstić information content (AvgIpc) is 2.47. The second-order valence-electron chi connectivity index (χ2n) is 5.60. The molecule has 2 fully saturated rings. The van der Waals surface area contributed by atoms with E-state index >= 15 is 0 Å². The van der Waals surface area contributed by atoms with Crippen molar-refractivity contribution >= 4 is 11.9 Å². The number of aliphatic carboxylic acids is 1. The number of carbonyl (C=O) groups is 2. The summed E-state index contributed by atoms with van der Waals surface area (Å²) in [6.45, 7) is 5.99. The second kappa shape index (κ2) is 7.04. The van der Waals surface area contributed by atoms with Crippen molar-refractivity contribution in [2.24, 2.45) is 5.92 Å². The molecule has 0 aromatic heterocycles. The zero-order chi connectivity index (χ0) is 14.5. The predicted molar refractivity (Wildman–Crippen MR) is 73.4 cm³/mol. The van der Waals surface area contributed by atoms with Crippen molar-refractivity contribution in [3.63, 3.8) is 0 Å². The molecule has 2 atom stereocenters. The number of amides is 1. The van der Waals surface area contributed by atoms with Crippen molar-refractivity contribution < 1.29 is 19.4 Å². The van der Waals surface area contributed by atoms with Gasteiger partial charge in [-0.3, -0.25) is 14.5 Å². The van der Waals surface area contributed by atoms with Crippen molar-refractivity contribution in [1.82, 2.24) is 9.80 Å². The minimum atomic E-state index is -0.733. The third kappa shape index (κ3) is 3.70. The SMILES string of the molecule is CCC1CC(C(=O)O)CCN1C(=O)CN1CCOCC1. The molecular weight excluding hydrogens is 260 g/mol. The number of hydrogen-bond donors (Lipinski definition) is 1. The highest BCUT2D eigenvalue weighted by Gasteiger charge is 2.34. The summed E-state index contributed by atoms with van der Waals surface area (Å²) >= 11 is 0. The van der Waals surface area contributed by atoms with Gasteiger partial charge in [-0.05, 0) is 19.3 Å². The molecule has 6 heteroatoms. The molecule has 114 valence electrons. The lowest BCUT2D eigenvalue weighted by Gasteiger charge is -2.39. The van der Waals surface area contributed by atoms with Gasteiger partial charge < -0.3 is 14.7 Å². The molecule has 0 aromatic rings. The van der Waals surface area contributed by atoms with Crippen LogP contribution in [0.1, 0.15) is 26.2 Å². The molecule has 0 bridgehead atoms. The number of likely N-dealkylation sites (tertiary alicyclic amines) is 1. The number of ether oxygens (including phenoxy) is 1. The number of nitrogens with zero attached hydrogens (tertiary/aromatic N) is 2. The zero-order valence-corrected chi connectivity index (χ0v) is 12.1. The highest BCUT2D eigenvalue weighted by molar-refractivity contribution is 5.79. The van der Waals surface area contributed by atoms with Crippen molar-refractivity contribution in [1.29, 1.82) is 0 Å². The summed E-state index contributed by atoms with van der Waals surface area (Å²) in [6, 6.07) is 0.0680. The smallest absolute Gasteiger partial charge is 0.306 e. The van der Waals surface area contributed by atoms with Crippen LogP contribution in [0.4, 0.5) is 0 Å². The van der Waals surface area contributed by atoms with E-state index in [-0.39, 0.29) is 17.9 Å². The molecule has 2 aliphatic rings. The maximum absolute atomic E-state index is 12.4. The van der Waals surface area contributed by atoms with Gasteiger partial charge in [-0.1, -0.05) is 6.92 Å². The van der Waals surface area contributed by atoms with E-state index in [4.69, 9.17) is 9.84 Å². The van der Waals surface area contributed by atoms with Crippen LogP contribution in [-0.2, 0) is 14.3 Å². The second-order valence-corrected chi connectivity index (χ2v) is 5.60. The normalized spacial score (nSPS) is 28.4. The summed E-state index contributed by atoms with van der Waals surface area (Å²) in [4.78, 5) is 27.5. The molecule has 20 heavy (non-hydrogen) atoms. The lowest BCUT2D eigenvalue weighted by Crippen LogP contribution is -2.51. The van der Waals surface area contributed by atoms with Crippen LogP contribution in [0.25, 0.3) is 0 Å². The van der Waals surface area contributed by atoms with Gasteiger partial charge in [0.05, 0.1) is 25.7 Å². The average molecular weight is 284 g/mol. The molecule has 2 unspecified atom stereocenters. The Labute approximate surface area is 119 Å². The van der Waals surface area contributed by atoms with Crippen LogP contribution in [0, 0.1) is 5.92 Å². The number of morpholine rings is 1. The summed E-state index contributed by atoms with van der Waals surface area (Å²) in [5.74, 6) is -0.904. The number of carboxylic acid groups (broad SMARTS) is 1. The van der Waals surface area contributed by atoms with Crippen LogP contribution in [0.15, 0.2) is 0 Å². The molecule has 1 N–H and O–H groups in total. The van der Waals surface area contributed by atoms with Crippen LogP contribution in [-0.4, -0.2) is 72.2 Å². The number of rotatable bonds is 4. The van der Waals surface area contributed by atoms with E-state index in [0.717, 1.165) is 19.5 Å². The van der Waals surface area contributed by atoms with Gasteiger partial charge in [-0.25, -0.2) is 0 Å². The maximum Gasteiger partial charge on any atom is 0.306 e. The first-order chi connectivity index (χ1) is 9.61. The summed E-state index contributed by atoms with van der Waals surface area (Å²) < 4.78 is 5.28. The first-order valence-corrected chi connectivity index (χ1v) is 7.44. The Bertz CT molecular complexity index is 355. The first-order valence-electron chi connectivity index (χ1n) is 7.44. The molecule has 2 rings (SSSR count). The molecule has 0 radical (unpaired) electrons. The first kappa shape index (κ1) is 15.3. The molecule has 0 aliphatic carbocycles. The minimum Gasteiger partial charge on any atom is -0.481 e. The van der Waals surface area contributed by atoms with Crippen molar-refractivity contribution in [2.75, 3.05) is 39.4 Å². The van der Waals surface area contributed by atoms with Gasteiger partial charge in [0, 0.05) is 25.7 Å². The van der Waals surface area contributed by atoms with Gasteiger partial charge in [0.1, 0.15) is 0 Å². The highest BCUT2D eigenvalue weighted by atomic mass is 16.5. The lowest BCUT2D eigenvalue weighted by atomic mass is 9.89. The van der Waals surface area contributed by atoms with Gasteiger partial charge in [0.2, 0.25) is 5.91 Å². The molecule has 6 nitrogen and oxygen atoms in total. The lowest BCUT2D eigenvalue weighted by molar-refractivity contribution is -0.148. The molecule has 2 saturated heterocycles. The standard InChI is InChI=1S/C14H24N2O4/c1-2-12-9-11(14(18)19)3-4-16(12)13(17)10-15-5-7-20-8-6-15/h11-12H,2-10H2,1H3,(H,18,19). The number of carboxylic acids is 1. The number of piperidine rings is 1. The van der Waals surface area contributed by atoms with Crippen molar-refractivity contribution in [2.45, 2.75) is 32.2 Å². The highest BCUT2D eigenvalue weighted by Crippen LogP contribution is 2.25. The van der Waals surface area contributed by atoms with Crippen LogP contribution in [0.5, 0.6) is 0 Å². The fraction of sp³-hybridized carbons (Fsp3) is 0.857. The van der Waals surface area contributed by atoms with Gasteiger partial charge in [0.25, 0.3) is 0 Å². The fourth-order valence-electron chi connectivity index (χ4n) is 3.03. The summed E-state index contributed by atoms with van der Waals surface area (Å²) in [5, 5.41) is 9.11. The summed E-state index contributed by atoms with van der Waals surface area (Å²) in [5.41, 5.74) is 0. The summed E-state index contributed by atoms with van der Waals surface area (Å²) in [7, 11) is 0. The monoisotopic (exact) mass is 284 g/mol. The van der Waals surface area contributed by atoms with Crippen molar-refractivity contribution in [3.05, 3.63) is 0 Å². The summed E-state index contributed by atoms with van der Waals surface area (Å²) in [6.07, 6.45) is 1.97. The molecule has 2 aliphatic heterocycles. The van der Waals surface area contributed by atoms with E-state index in [2.05, 4.69) is 4.90 Å². The van der Waals surface area contributed by atoms with Crippen LogP contribution >= 0.6 is 0 Å². The van der Waals surface area contributed by atoms with Crippen LogP contribution in [0.2, 0.25) is 0 Å². The molecule has 0 spiro atoms. The zero-order valence-electron chi connectivity index (χ0n) is 12.1. The quantitative estimate of drug-likeness (QED) is 0.810. The van der Waals surface area contributed by atoms with Crippen LogP contribution < -0.4 is 0 Å². The fourth-order valence-corrected chi connectivity index (χ4v) is 3.03. The number of hydrogen-bond acceptors (Lipinski definition) is 4. The van der Waals surface area contributed by atoms with Crippen LogP contribution in [0.3, 0.4) is 0 Å². The molecule has 1 amide bonds. The van der Waals surface area contributed by atoms with Crippen molar-refractivity contribution in [3.8, 4) is 0 Å². The molecule has 2 heterocycles. The van der Waals surface area contributed by atoms with E-state index in [0.29, 0.717) is 39.1 Å². The topological polar surface area (TPSA) is 70.1 Å². The van der Waals surface area contributed by atoms with Gasteiger partial charge in [-0.15, -0.1) is 0 Å². The molecule has 0 saturated carbocycles. The van der Waals surface area contributed by atoms with Gasteiger partial charge >= 0.3 is 5.97 Å². The van der Waals surface area contributed by atoms with Gasteiger partial charge in [0.15, 0.2) is 0 Å².